The van der Waals surface area contributed by atoms with Crippen LogP contribution in [-0.4, -0.2) is 57.6 Å². The molecule has 3 unspecified atom stereocenters. The van der Waals surface area contributed by atoms with Crippen LogP contribution in [0.2, 0.25) is 0 Å². The van der Waals surface area contributed by atoms with Crippen molar-refractivity contribution >= 4 is 0 Å². The molecule has 0 bridgehead atoms. The van der Waals surface area contributed by atoms with Gasteiger partial charge in [0.15, 0.2) is 0 Å². The van der Waals surface area contributed by atoms with Crippen LogP contribution in [0.5, 0.6) is 0 Å². The smallest absolute Gasteiger partial charge is 0.111 e. The second-order valence-electron chi connectivity index (χ2n) is 3.03. The summed E-state index contributed by atoms with van der Waals surface area (Å²) in [7, 11) is 0. The van der Waals surface area contributed by atoms with Crippen LogP contribution in [0, 0.1) is 0 Å². The molecule has 0 aliphatic carbocycles. The highest BCUT2D eigenvalue weighted by atomic mass is 16.5. The molecule has 12 heavy (non-hydrogen) atoms. The minimum absolute atomic E-state index is 0.366. The lowest BCUT2D eigenvalue weighted by molar-refractivity contribution is -0.224. The summed E-state index contributed by atoms with van der Waals surface area (Å²) in [5.74, 6) is 0. The Morgan fingerprint density at radius 3 is 2.17 bits per heavy atom. The summed E-state index contributed by atoms with van der Waals surface area (Å²) in [5, 5.41) is 36.4. The van der Waals surface area contributed by atoms with Crippen molar-refractivity contribution < 1.29 is 25.2 Å². The molecule has 1 saturated heterocycles. The number of aliphatic hydroxyl groups excluding tert-OH is 4. The van der Waals surface area contributed by atoms with Crippen molar-refractivity contribution in [3.05, 3.63) is 0 Å². The van der Waals surface area contributed by atoms with Gasteiger partial charge in [-0.25, -0.2) is 0 Å². The topological polar surface area (TPSA) is 90.2 Å². The van der Waals surface area contributed by atoms with Gasteiger partial charge in [0.05, 0.1) is 12.7 Å². The maximum Gasteiger partial charge on any atom is 0.111 e. The molecule has 1 rings (SSSR count). The Bertz CT molecular complexity index is 146. The Balaban J connectivity index is 2.63. The van der Waals surface area contributed by atoms with Crippen molar-refractivity contribution in [3.8, 4) is 0 Å². The first-order valence-corrected chi connectivity index (χ1v) is 3.88. The Hall–Kier alpha value is -0.200. The third kappa shape index (κ3) is 1.60. The van der Waals surface area contributed by atoms with Crippen molar-refractivity contribution in [2.24, 2.45) is 0 Å². The van der Waals surface area contributed by atoms with Crippen molar-refractivity contribution in [2.75, 3.05) is 6.61 Å². The fourth-order valence-electron chi connectivity index (χ4n) is 1.29. The Morgan fingerprint density at radius 1 is 1.08 bits per heavy atom. The molecular formula is C7H14O5. The van der Waals surface area contributed by atoms with E-state index in [-0.39, 0.29) is 6.61 Å². The van der Waals surface area contributed by atoms with E-state index in [0.29, 0.717) is 0 Å². The van der Waals surface area contributed by atoms with Crippen LogP contribution >= 0.6 is 0 Å². The zero-order valence-electron chi connectivity index (χ0n) is 6.79. The Labute approximate surface area is 70.2 Å². The monoisotopic (exact) mass is 178 g/mol. The van der Waals surface area contributed by atoms with Gasteiger partial charge in [-0.3, -0.25) is 0 Å². The van der Waals surface area contributed by atoms with Crippen LogP contribution in [0.25, 0.3) is 0 Å². The fourth-order valence-corrected chi connectivity index (χ4v) is 1.29. The number of aliphatic hydroxyl groups is 4. The lowest BCUT2D eigenvalue weighted by Crippen LogP contribution is -2.57. The van der Waals surface area contributed by atoms with Gasteiger partial charge < -0.3 is 25.2 Å². The summed E-state index contributed by atoms with van der Waals surface area (Å²) >= 11 is 0. The lowest BCUT2D eigenvalue weighted by atomic mass is 9.96. The van der Waals surface area contributed by atoms with Crippen molar-refractivity contribution in [3.63, 3.8) is 0 Å². The molecule has 5 atom stereocenters. The third-order valence-electron chi connectivity index (χ3n) is 2.13. The van der Waals surface area contributed by atoms with Gasteiger partial charge in [-0.1, -0.05) is 0 Å². The molecule has 1 heterocycles. The summed E-state index contributed by atoms with van der Waals surface area (Å²) in [4.78, 5) is 0. The van der Waals surface area contributed by atoms with E-state index < -0.39 is 30.5 Å². The highest BCUT2D eigenvalue weighted by Crippen LogP contribution is 2.20. The van der Waals surface area contributed by atoms with E-state index in [4.69, 9.17) is 9.84 Å². The van der Waals surface area contributed by atoms with E-state index in [0.717, 1.165) is 0 Å². The Morgan fingerprint density at radius 2 is 1.67 bits per heavy atom. The first kappa shape index (κ1) is 9.88. The fraction of sp³-hybridized carbons (Fsp3) is 1.00. The van der Waals surface area contributed by atoms with Gasteiger partial charge in [0.1, 0.15) is 24.4 Å². The number of hydrogen-bond acceptors (Lipinski definition) is 5. The maximum atomic E-state index is 9.23. The van der Waals surface area contributed by atoms with Gasteiger partial charge >= 0.3 is 0 Å². The molecule has 0 saturated carbocycles. The molecule has 1 fully saturated rings. The average molecular weight is 178 g/mol. The van der Waals surface area contributed by atoms with Gasteiger partial charge in [-0.2, -0.15) is 0 Å². The van der Waals surface area contributed by atoms with Crippen molar-refractivity contribution in [1.82, 2.24) is 0 Å². The standard InChI is InChI=1S/C7H14O5/c1-3-5(9)7(11)6(10)4(2-8)12-3/h3-11H,2H2,1H3/t3?,4?,5-,6+,7?/m0/s1. The van der Waals surface area contributed by atoms with E-state index in [1.807, 2.05) is 0 Å². The molecule has 1 aliphatic heterocycles. The maximum absolute atomic E-state index is 9.23. The molecule has 1 aliphatic rings. The van der Waals surface area contributed by atoms with Crippen LogP contribution < -0.4 is 0 Å². The van der Waals surface area contributed by atoms with E-state index in [1.54, 1.807) is 6.92 Å². The SMILES string of the molecule is CC1OC(CO)[C@@H](O)C(O)[C@H]1O. The summed E-state index contributed by atoms with van der Waals surface area (Å²) in [6.45, 7) is 1.21. The zero-order chi connectivity index (χ0) is 9.30. The molecule has 5 nitrogen and oxygen atoms in total. The average Bonchev–Trinajstić information content (AvgIpc) is 2.08. The van der Waals surface area contributed by atoms with Gasteiger partial charge in [0.25, 0.3) is 0 Å². The lowest BCUT2D eigenvalue weighted by Gasteiger charge is -2.38. The molecule has 0 spiro atoms. The van der Waals surface area contributed by atoms with Crippen LogP contribution in [-0.2, 0) is 4.74 Å². The van der Waals surface area contributed by atoms with Crippen LogP contribution in [0.3, 0.4) is 0 Å². The minimum Gasteiger partial charge on any atom is -0.394 e. The quantitative estimate of drug-likeness (QED) is 0.367. The number of rotatable bonds is 1. The Kier molecular flexibility index (Phi) is 3.03. The van der Waals surface area contributed by atoms with Crippen LogP contribution in [0.15, 0.2) is 0 Å². The molecule has 0 aromatic heterocycles. The van der Waals surface area contributed by atoms with Crippen molar-refractivity contribution in [2.45, 2.75) is 37.4 Å². The highest BCUT2D eigenvalue weighted by molar-refractivity contribution is 4.89. The van der Waals surface area contributed by atoms with Gasteiger partial charge in [-0.05, 0) is 6.92 Å². The predicted octanol–water partition coefficient (Wildman–Crippen LogP) is -2.15. The molecular weight excluding hydrogens is 164 g/mol. The molecule has 4 N–H and O–H groups in total. The molecule has 0 aromatic rings. The van der Waals surface area contributed by atoms with Gasteiger partial charge in [0.2, 0.25) is 0 Å². The summed E-state index contributed by atoms with van der Waals surface area (Å²) in [6, 6.07) is 0. The zero-order valence-corrected chi connectivity index (χ0v) is 6.79. The van der Waals surface area contributed by atoms with Crippen molar-refractivity contribution in [1.29, 1.82) is 0 Å². The van der Waals surface area contributed by atoms with Gasteiger partial charge in [-0.15, -0.1) is 0 Å². The molecule has 0 amide bonds. The summed E-state index contributed by atoms with van der Waals surface area (Å²) in [6.07, 6.45) is -4.94. The van der Waals surface area contributed by atoms with E-state index in [1.165, 1.54) is 0 Å². The van der Waals surface area contributed by atoms with E-state index in [9.17, 15) is 15.3 Å². The third-order valence-corrected chi connectivity index (χ3v) is 2.13. The minimum atomic E-state index is -1.24. The molecule has 72 valence electrons. The molecule has 0 aromatic carbocycles. The van der Waals surface area contributed by atoms with Crippen LogP contribution in [0.1, 0.15) is 6.92 Å². The normalized spacial score (nSPS) is 49.2. The second kappa shape index (κ2) is 3.68. The first-order chi connectivity index (χ1) is 5.57. The summed E-state index contributed by atoms with van der Waals surface area (Å²) in [5.41, 5.74) is 0. The van der Waals surface area contributed by atoms with E-state index >= 15 is 0 Å². The van der Waals surface area contributed by atoms with Gasteiger partial charge in [0, 0.05) is 0 Å². The molecule has 5 heteroatoms. The predicted molar refractivity (Wildman–Crippen MR) is 39.4 cm³/mol. The molecule has 0 radical (unpaired) electrons. The summed E-state index contributed by atoms with van der Waals surface area (Å²) < 4.78 is 5.02. The number of ether oxygens (including phenoxy) is 1. The highest BCUT2D eigenvalue weighted by Gasteiger charge is 2.41. The van der Waals surface area contributed by atoms with Crippen LogP contribution in [0.4, 0.5) is 0 Å². The number of hydrogen-bond donors (Lipinski definition) is 4. The second-order valence-corrected chi connectivity index (χ2v) is 3.03. The largest absolute Gasteiger partial charge is 0.394 e. The van der Waals surface area contributed by atoms with E-state index in [2.05, 4.69) is 0 Å². The first-order valence-electron chi connectivity index (χ1n) is 3.88.